The van der Waals surface area contributed by atoms with E-state index in [1.165, 1.54) is 12.3 Å². The van der Waals surface area contributed by atoms with Crippen LogP contribution in [0.4, 0.5) is 10.1 Å². The first-order valence-corrected chi connectivity index (χ1v) is 8.85. The summed E-state index contributed by atoms with van der Waals surface area (Å²) in [4.78, 5) is 24.9. The molecule has 0 bridgehead atoms. The molecule has 0 spiro atoms. The van der Waals surface area contributed by atoms with E-state index in [1.807, 2.05) is 0 Å². The number of pyridine rings is 1. The first kappa shape index (κ1) is 18.1. The van der Waals surface area contributed by atoms with Crippen LogP contribution < -0.4 is 11.1 Å². The number of halogens is 2. The van der Waals surface area contributed by atoms with Crippen LogP contribution in [0.15, 0.2) is 60.0 Å². The van der Waals surface area contributed by atoms with Crippen LogP contribution in [-0.4, -0.2) is 33.0 Å². The zero-order valence-corrected chi connectivity index (χ0v) is 15.4. The molecule has 1 aromatic carbocycles. The maximum Gasteiger partial charge on any atom is 0.274 e. The van der Waals surface area contributed by atoms with Crippen molar-refractivity contribution in [1.82, 2.24) is 14.5 Å². The monoisotopic (exact) mass is 398 g/mol. The second-order valence-electron chi connectivity index (χ2n) is 6.44. The third-order valence-corrected chi connectivity index (χ3v) is 4.77. The van der Waals surface area contributed by atoms with Crippen LogP contribution >= 0.6 is 11.6 Å². The Morgan fingerprint density at radius 2 is 2.18 bits per heavy atom. The average molecular weight is 399 g/mol. The molecule has 1 atom stereocenters. The largest absolute Gasteiger partial charge is 0.381 e. The number of carbonyl (C=O) groups is 1. The topological polar surface area (TPSA) is 98.2 Å². The second kappa shape index (κ2) is 7.05. The minimum atomic E-state index is -1.18. The highest BCUT2D eigenvalue weighted by molar-refractivity contribution is 6.30. The predicted octanol–water partition coefficient (Wildman–Crippen LogP) is 2.77. The molecule has 3 N–H and O–H groups in total. The lowest BCUT2D eigenvalue weighted by Gasteiger charge is -2.32. The molecule has 7 nitrogen and oxygen atoms in total. The summed E-state index contributed by atoms with van der Waals surface area (Å²) in [6, 6.07) is 9.99. The van der Waals surface area contributed by atoms with Gasteiger partial charge in [-0.2, -0.15) is 0 Å². The number of amides is 1. The van der Waals surface area contributed by atoms with Crippen LogP contribution in [0.2, 0.25) is 5.02 Å². The maximum atomic E-state index is 14.2. The molecule has 3 aromatic rings. The van der Waals surface area contributed by atoms with Crippen LogP contribution in [0.25, 0.3) is 0 Å². The highest BCUT2D eigenvalue weighted by atomic mass is 35.5. The fraction of sp³-hybridized carbons (Fsp3) is 0.158. The molecule has 0 saturated heterocycles. The van der Waals surface area contributed by atoms with Gasteiger partial charge in [0.05, 0.1) is 11.6 Å². The minimum Gasteiger partial charge on any atom is -0.381 e. The quantitative estimate of drug-likeness (QED) is 0.706. The Morgan fingerprint density at radius 1 is 1.32 bits per heavy atom. The number of rotatable bonds is 4. The van der Waals surface area contributed by atoms with Crippen molar-refractivity contribution in [3.63, 3.8) is 0 Å². The molecule has 28 heavy (non-hydrogen) atoms. The Morgan fingerprint density at radius 3 is 2.93 bits per heavy atom. The summed E-state index contributed by atoms with van der Waals surface area (Å²) in [5, 5.41) is 3.20. The van der Waals surface area contributed by atoms with Gasteiger partial charge in [0.25, 0.3) is 5.91 Å². The zero-order chi connectivity index (χ0) is 19.7. The van der Waals surface area contributed by atoms with Crippen molar-refractivity contribution in [3.05, 3.63) is 77.1 Å². The molecule has 2 aromatic heterocycles. The lowest BCUT2D eigenvalue weighted by atomic mass is 9.90. The molecule has 1 aliphatic rings. The summed E-state index contributed by atoms with van der Waals surface area (Å²) in [5.41, 5.74) is 6.13. The van der Waals surface area contributed by atoms with E-state index in [9.17, 15) is 9.18 Å². The molecule has 1 aliphatic heterocycles. The van der Waals surface area contributed by atoms with Gasteiger partial charge >= 0.3 is 0 Å². The molecule has 9 heteroatoms. The van der Waals surface area contributed by atoms with Gasteiger partial charge in [-0.25, -0.2) is 19.4 Å². The number of anilines is 1. The van der Waals surface area contributed by atoms with Gasteiger partial charge in [-0.1, -0.05) is 23.7 Å². The summed E-state index contributed by atoms with van der Waals surface area (Å²) in [7, 11) is 0. The first-order chi connectivity index (χ1) is 13.5. The molecular weight excluding hydrogens is 383 g/mol. The van der Waals surface area contributed by atoms with Gasteiger partial charge in [-0.05, 0) is 29.8 Å². The van der Waals surface area contributed by atoms with Crippen molar-refractivity contribution >= 4 is 29.0 Å². The van der Waals surface area contributed by atoms with E-state index >= 15 is 0 Å². The third-order valence-electron chi connectivity index (χ3n) is 4.55. The maximum absolute atomic E-state index is 14.2. The van der Waals surface area contributed by atoms with E-state index in [0.717, 1.165) is 0 Å². The number of amidine groups is 1. The number of imidazole rings is 1. The van der Waals surface area contributed by atoms with Gasteiger partial charge in [0, 0.05) is 24.3 Å². The lowest BCUT2D eigenvalue weighted by molar-refractivity contribution is 0.102. The molecule has 3 heterocycles. The number of carbonyl (C=O) groups excluding carboxylic acids is 1. The van der Waals surface area contributed by atoms with Crippen molar-refractivity contribution in [2.45, 2.75) is 12.1 Å². The Balaban J connectivity index is 1.64. The summed E-state index contributed by atoms with van der Waals surface area (Å²) in [5.74, 6) is 0.294. The van der Waals surface area contributed by atoms with Crippen molar-refractivity contribution in [1.29, 1.82) is 0 Å². The van der Waals surface area contributed by atoms with Gasteiger partial charge in [0.1, 0.15) is 17.9 Å². The molecule has 0 aliphatic carbocycles. The number of nitrogens with zero attached hydrogens (tertiary/aromatic N) is 4. The van der Waals surface area contributed by atoms with E-state index in [1.54, 1.807) is 47.3 Å². The standard InChI is InChI=1S/C19H16ClFN6O/c20-13-4-5-15(24-9-13)18(28)25-14-3-1-2-12(8-14)19(10-21)11-27-7-6-23-17(27)16(22)26-19/h1-9H,10-11H2,(H2,22,26)(H,25,28). The predicted molar refractivity (Wildman–Crippen MR) is 104 cm³/mol. The molecule has 0 radical (unpaired) electrons. The fourth-order valence-corrected chi connectivity index (χ4v) is 3.28. The van der Waals surface area contributed by atoms with Crippen LogP contribution in [0.1, 0.15) is 21.9 Å². The van der Waals surface area contributed by atoms with Crippen LogP contribution in [0.3, 0.4) is 0 Å². The number of fused-ring (bicyclic) bond motifs is 1. The molecule has 1 amide bonds. The summed E-state index contributed by atoms with van der Waals surface area (Å²) in [6.45, 7) is -0.489. The minimum absolute atomic E-state index is 0.175. The molecule has 1 unspecified atom stereocenters. The van der Waals surface area contributed by atoms with Crippen molar-refractivity contribution < 1.29 is 9.18 Å². The lowest BCUT2D eigenvalue weighted by Crippen LogP contribution is -2.40. The first-order valence-electron chi connectivity index (χ1n) is 8.47. The van der Waals surface area contributed by atoms with Gasteiger partial charge in [-0.15, -0.1) is 0 Å². The number of nitrogens with one attached hydrogen (secondary N) is 1. The van der Waals surface area contributed by atoms with Crippen LogP contribution in [0.5, 0.6) is 0 Å². The SMILES string of the molecule is NC1=NC(CF)(c2cccc(NC(=O)c3ccc(Cl)cn3)c2)Cn2ccnc21. The summed E-state index contributed by atoms with van der Waals surface area (Å²) < 4.78 is 16.0. The van der Waals surface area contributed by atoms with Crippen LogP contribution in [0, 0.1) is 0 Å². The number of hydrogen-bond donors (Lipinski definition) is 2. The van der Waals surface area contributed by atoms with Gasteiger partial charge in [-0.3, -0.25) is 4.79 Å². The molecule has 142 valence electrons. The number of alkyl halides is 1. The Kier molecular flexibility index (Phi) is 4.56. The number of aromatic nitrogens is 3. The van der Waals surface area contributed by atoms with Crippen molar-refractivity contribution in [3.8, 4) is 0 Å². The molecule has 0 saturated carbocycles. The van der Waals surface area contributed by atoms with E-state index in [4.69, 9.17) is 17.3 Å². The highest BCUT2D eigenvalue weighted by Crippen LogP contribution is 2.33. The van der Waals surface area contributed by atoms with E-state index in [-0.39, 0.29) is 18.1 Å². The zero-order valence-electron chi connectivity index (χ0n) is 14.6. The molecular formula is C19H16ClFN6O. The smallest absolute Gasteiger partial charge is 0.274 e. The van der Waals surface area contributed by atoms with Gasteiger partial charge in [0.15, 0.2) is 11.7 Å². The number of benzene rings is 1. The Bertz CT molecular complexity index is 1060. The van der Waals surface area contributed by atoms with E-state index in [2.05, 4.69) is 20.3 Å². The highest BCUT2D eigenvalue weighted by Gasteiger charge is 2.37. The van der Waals surface area contributed by atoms with Crippen molar-refractivity contribution in [2.24, 2.45) is 10.7 Å². The number of aliphatic imine (C=N–C) groups is 1. The van der Waals surface area contributed by atoms with E-state index < -0.39 is 18.1 Å². The average Bonchev–Trinajstić information content (AvgIpc) is 3.17. The van der Waals surface area contributed by atoms with Gasteiger partial charge in [0.2, 0.25) is 0 Å². The Labute approximate surface area is 165 Å². The second-order valence-corrected chi connectivity index (χ2v) is 6.87. The Hall–Kier alpha value is -3.26. The normalized spacial score (nSPS) is 18.3. The summed E-state index contributed by atoms with van der Waals surface area (Å²) >= 11 is 5.80. The molecule has 0 fully saturated rings. The summed E-state index contributed by atoms with van der Waals surface area (Å²) in [6.07, 6.45) is 4.73. The van der Waals surface area contributed by atoms with Crippen molar-refractivity contribution in [2.75, 3.05) is 12.0 Å². The van der Waals surface area contributed by atoms with E-state index in [0.29, 0.717) is 22.1 Å². The number of nitrogens with two attached hydrogens (primary N) is 1. The number of hydrogen-bond acceptors (Lipinski definition) is 5. The van der Waals surface area contributed by atoms with Gasteiger partial charge < -0.3 is 15.6 Å². The third kappa shape index (κ3) is 3.22. The molecule has 4 rings (SSSR count). The fourth-order valence-electron chi connectivity index (χ4n) is 3.16. The van der Waals surface area contributed by atoms with Crippen LogP contribution in [-0.2, 0) is 12.1 Å².